The second kappa shape index (κ2) is 2.09. The van der Waals surface area contributed by atoms with E-state index >= 15 is 0 Å². The first-order chi connectivity index (χ1) is 4.92. The number of hydrogen-bond acceptors (Lipinski definition) is 2. The molecule has 0 saturated heterocycles. The second-order valence-electron chi connectivity index (χ2n) is 2.65. The zero-order valence-electron chi connectivity index (χ0n) is 6.02. The predicted molar refractivity (Wildman–Crippen MR) is 38.5 cm³/mol. The van der Waals surface area contributed by atoms with Crippen LogP contribution in [0, 0.1) is 0 Å². The Morgan fingerprint density at radius 3 is 3.50 bits per heavy atom. The Labute approximate surface area is 59.8 Å². The molecule has 0 fully saturated rings. The van der Waals surface area contributed by atoms with E-state index in [0.717, 1.165) is 13.0 Å². The summed E-state index contributed by atoms with van der Waals surface area (Å²) in [6.07, 6.45) is 3.07. The van der Waals surface area contributed by atoms with Crippen molar-refractivity contribution in [1.29, 1.82) is 0 Å². The fourth-order valence-corrected chi connectivity index (χ4v) is 1.46. The highest BCUT2D eigenvalue weighted by Gasteiger charge is 2.20. The summed E-state index contributed by atoms with van der Waals surface area (Å²) in [5.74, 6) is 0. The number of rotatable bonds is 1. The van der Waals surface area contributed by atoms with Gasteiger partial charge >= 0.3 is 0 Å². The van der Waals surface area contributed by atoms with E-state index in [0.29, 0.717) is 6.04 Å². The molecular formula is C7H11N3. The van der Waals surface area contributed by atoms with E-state index in [-0.39, 0.29) is 0 Å². The molecule has 54 valence electrons. The molecule has 1 aromatic rings. The smallest absolute Gasteiger partial charge is 0.0538 e. The fraction of sp³-hybridized carbons (Fsp3) is 0.571. The van der Waals surface area contributed by atoms with Crippen molar-refractivity contribution in [2.45, 2.75) is 25.9 Å². The Bertz CT molecular complexity index is 229. The van der Waals surface area contributed by atoms with E-state index in [2.05, 4.69) is 22.4 Å². The zero-order chi connectivity index (χ0) is 6.97. The van der Waals surface area contributed by atoms with E-state index in [1.807, 2.05) is 6.20 Å². The third kappa shape index (κ3) is 0.671. The molecule has 3 heteroatoms. The molecule has 2 N–H and O–H groups in total. The van der Waals surface area contributed by atoms with E-state index < -0.39 is 0 Å². The minimum atomic E-state index is 0.536. The van der Waals surface area contributed by atoms with E-state index in [9.17, 15) is 0 Å². The van der Waals surface area contributed by atoms with Crippen LogP contribution < -0.4 is 5.32 Å². The normalized spacial score (nSPS) is 23.1. The van der Waals surface area contributed by atoms with Crippen molar-refractivity contribution in [3.63, 3.8) is 0 Å². The molecule has 1 aliphatic heterocycles. The molecule has 0 aromatic carbocycles. The Hall–Kier alpha value is -0.830. The summed E-state index contributed by atoms with van der Waals surface area (Å²) in [7, 11) is 0. The summed E-state index contributed by atoms with van der Waals surface area (Å²) >= 11 is 0. The van der Waals surface area contributed by atoms with Crippen molar-refractivity contribution in [2.75, 3.05) is 0 Å². The van der Waals surface area contributed by atoms with Crippen molar-refractivity contribution in [3.8, 4) is 0 Å². The number of fused-ring (bicyclic) bond motifs is 1. The van der Waals surface area contributed by atoms with Gasteiger partial charge in [-0.1, -0.05) is 6.92 Å². The van der Waals surface area contributed by atoms with Crippen LogP contribution in [-0.2, 0) is 6.54 Å². The third-order valence-corrected chi connectivity index (χ3v) is 2.06. The van der Waals surface area contributed by atoms with Crippen molar-refractivity contribution >= 4 is 0 Å². The van der Waals surface area contributed by atoms with E-state index in [1.165, 1.54) is 11.3 Å². The molecule has 0 unspecified atom stereocenters. The fourth-order valence-electron chi connectivity index (χ4n) is 1.46. The number of aromatic amines is 1. The first-order valence-electron chi connectivity index (χ1n) is 3.67. The summed E-state index contributed by atoms with van der Waals surface area (Å²) in [5, 5.41) is 10.3. The number of nitrogens with zero attached hydrogens (tertiary/aromatic N) is 1. The van der Waals surface area contributed by atoms with Gasteiger partial charge in [-0.2, -0.15) is 5.10 Å². The lowest BCUT2D eigenvalue weighted by atomic mass is 10.1. The lowest BCUT2D eigenvalue weighted by Crippen LogP contribution is -2.10. The van der Waals surface area contributed by atoms with Crippen LogP contribution in [-0.4, -0.2) is 10.2 Å². The molecule has 0 saturated carbocycles. The van der Waals surface area contributed by atoms with Gasteiger partial charge in [0, 0.05) is 18.2 Å². The molecule has 0 amide bonds. The van der Waals surface area contributed by atoms with Crippen LogP contribution in [0.15, 0.2) is 6.20 Å². The Morgan fingerprint density at radius 2 is 2.70 bits per heavy atom. The van der Waals surface area contributed by atoms with Crippen LogP contribution in [0.5, 0.6) is 0 Å². The molecule has 0 spiro atoms. The summed E-state index contributed by atoms with van der Waals surface area (Å²) < 4.78 is 0. The zero-order valence-corrected chi connectivity index (χ0v) is 6.02. The van der Waals surface area contributed by atoms with Crippen molar-refractivity contribution in [2.24, 2.45) is 0 Å². The molecule has 2 heterocycles. The molecule has 0 bridgehead atoms. The van der Waals surface area contributed by atoms with Gasteiger partial charge in [0.15, 0.2) is 0 Å². The molecule has 3 nitrogen and oxygen atoms in total. The SMILES string of the molecule is CC[C@H]1NCc2[nH]ncc21. The first kappa shape index (κ1) is 5.92. The summed E-state index contributed by atoms with van der Waals surface area (Å²) in [6.45, 7) is 3.13. The lowest BCUT2D eigenvalue weighted by molar-refractivity contribution is 0.562. The molecule has 0 radical (unpaired) electrons. The quantitative estimate of drug-likeness (QED) is 0.605. The van der Waals surface area contributed by atoms with Gasteiger partial charge in [0.1, 0.15) is 0 Å². The number of hydrogen-bond donors (Lipinski definition) is 2. The predicted octanol–water partition coefficient (Wildman–Crippen LogP) is 0.964. The average Bonchev–Trinajstić information content (AvgIpc) is 2.44. The maximum absolute atomic E-state index is 3.98. The van der Waals surface area contributed by atoms with Gasteiger partial charge in [0.05, 0.1) is 11.9 Å². The molecular weight excluding hydrogens is 126 g/mol. The maximum Gasteiger partial charge on any atom is 0.0538 e. The van der Waals surface area contributed by atoms with Crippen LogP contribution >= 0.6 is 0 Å². The molecule has 1 aromatic heterocycles. The van der Waals surface area contributed by atoms with Crippen molar-refractivity contribution in [3.05, 3.63) is 17.5 Å². The van der Waals surface area contributed by atoms with Gasteiger partial charge in [-0.25, -0.2) is 0 Å². The van der Waals surface area contributed by atoms with Gasteiger partial charge in [0.25, 0.3) is 0 Å². The van der Waals surface area contributed by atoms with Crippen LogP contribution in [0.25, 0.3) is 0 Å². The van der Waals surface area contributed by atoms with E-state index in [1.54, 1.807) is 0 Å². The topological polar surface area (TPSA) is 40.7 Å². The molecule has 0 aliphatic carbocycles. The highest BCUT2D eigenvalue weighted by Crippen LogP contribution is 2.24. The van der Waals surface area contributed by atoms with Crippen LogP contribution in [0.4, 0.5) is 0 Å². The van der Waals surface area contributed by atoms with Crippen molar-refractivity contribution < 1.29 is 0 Å². The molecule has 1 aliphatic rings. The lowest BCUT2D eigenvalue weighted by Gasteiger charge is -2.04. The van der Waals surface area contributed by atoms with Gasteiger partial charge in [0.2, 0.25) is 0 Å². The Kier molecular flexibility index (Phi) is 1.24. The average molecular weight is 137 g/mol. The molecule has 1 atom stereocenters. The Morgan fingerprint density at radius 1 is 1.80 bits per heavy atom. The van der Waals surface area contributed by atoms with Gasteiger partial charge in [-0.3, -0.25) is 5.10 Å². The number of aromatic nitrogens is 2. The highest BCUT2D eigenvalue weighted by molar-refractivity contribution is 5.24. The summed E-state index contributed by atoms with van der Waals surface area (Å²) in [6, 6.07) is 0.536. The summed E-state index contributed by atoms with van der Waals surface area (Å²) in [4.78, 5) is 0. The van der Waals surface area contributed by atoms with Gasteiger partial charge < -0.3 is 5.32 Å². The van der Waals surface area contributed by atoms with Crippen LogP contribution in [0.3, 0.4) is 0 Å². The minimum Gasteiger partial charge on any atom is -0.304 e. The molecule has 10 heavy (non-hydrogen) atoms. The largest absolute Gasteiger partial charge is 0.304 e. The monoisotopic (exact) mass is 137 g/mol. The van der Waals surface area contributed by atoms with Crippen LogP contribution in [0.1, 0.15) is 30.6 Å². The second-order valence-corrected chi connectivity index (χ2v) is 2.65. The Balaban J connectivity index is 2.34. The summed E-state index contributed by atoms with van der Waals surface area (Å²) in [5.41, 5.74) is 2.61. The van der Waals surface area contributed by atoms with E-state index in [4.69, 9.17) is 0 Å². The van der Waals surface area contributed by atoms with Crippen LogP contribution in [0.2, 0.25) is 0 Å². The highest BCUT2D eigenvalue weighted by atomic mass is 15.1. The number of nitrogens with one attached hydrogen (secondary N) is 2. The minimum absolute atomic E-state index is 0.536. The van der Waals surface area contributed by atoms with Gasteiger partial charge in [-0.05, 0) is 6.42 Å². The maximum atomic E-state index is 3.98. The van der Waals surface area contributed by atoms with Gasteiger partial charge in [-0.15, -0.1) is 0 Å². The number of H-pyrrole nitrogens is 1. The standard InChI is InChI=1S/C7H11N3/c1-2-6-5-3-9-10-7(5)4-8-6/h3,6,8H,2,4H2,1H3,(H,9,10)/t6-/m1/s1. The third-order valence-electron chi connectivity index (χ3n) is 2.06. The molecule has 2 rings (SSSR count). The first-order valence-corrected chi connectivity index (χ1v) is 3.67. The van der Waals surface area contributed by atoms with Crippen molar-refractivity contribution in [1.82, 2.24) is 15.5 Å².